The van der Waals surface area contributed by atoms with Crippen molar-refractivity contribution in [2.75, 3.05) is 13.6 Å². The van der Waals surface area contributed by atoms with Crippen LogP contribution in [0.5, 0.6) is 0 Å². The van der Waals surface area contributed by atoms with E-state index >= 15 is 0 Å². The standard InChI is InChI=1S/C19H17F3N8O3/c1-26-18(32)28(7-6-27-9-11(19(20,21)22)4-5-13(27)31)17-25-16-15(30(17)26)14(24-10-29(16)23)12-3-2-8-33-12/h2-5,8-10,17H,6-7,23H2,1H3. The summed E-state index contributed by atoms with van der Waals surface area (Å²) in [7, 11) is 1.52. The number of furan rings is 1. The van der Waals surface area contributed by atoms with E-state index in [-0.39, 0.29) is 13.1 Å². The number of aromatic nitrogens is 1. The van der Waals surface area contributed by atoms with Gasteiger partial charge in [0.15, 0.2) is 11.6 Å². The number of urea groups is 1. The zero-order chi connectivity index (χ0) is 23.5. The zero-order valence-corrected chi connectivity index (χ0v) is 17.1. The van der Waals surface area contributed by atoms with Gasteiger partial charge < -0.3 is 8.98 Å². The summed E-state index contributed by atoms with van der Waals surface area (Å²) in [5, 5.41) is 4.08. The molecule has 2 aromatic heterocycles. The van der Waals surface area contributed by atoms with E-state index in [4.69, 9.17) is 10.3 Å². The number of aliphatic imine (C=N–C) groups is 2. The predicted molar refractivity (Wildman–Crippen MR) is 109 cm³/mol. The molecule has 33 heavy (non-hydrogen) atoms. The lowest BCUT2D eigenvalue weighted by molar-refractivity contribution is -0.138. The van der Waals surface area contributed by atoms with Crippen LogP contribution < -0.4 is 11.4 Å². The van der Waals surface area contributed by atoms with Gasteiger partial charge in [-0.1, -0.05) is 0 Å². The first kappa shape index (κ1) is 20.8. The first-order chi connectivity index (χ1) is 15.7. The van der Waals surface area contributed by atoms with Crippen molar-refractivity contribution in [1.29, 1.82) is 0 Å². The van der Waals surface area contributed by atoms with Crippen molar-refractivity contribution in [3.63, 3.8) is 0 Å². The monoisotopic (exact) mass is 462 g/mol. The Kier molecular flexibility index (Phi) is 4.56. The van der Waals surface area contributed by atoms with E-state index in [1.165, 1.54) is 34.6 Å². The molecule has 5 heterocycles. The fourth-order valence-electron chi connectivity index (χ4n) is 3.86. The maximum atomic E-state index is 13.0. The van der Waals surface area contributed by atoms with Crippen molar-refractivity contribution >= 4 is 23.9 Å². The molecule has 3 aliphatic rings. The number of hydrogen-bond acceptors (Lipinski definition) is 8. The van der Waals surface area contributed by atoms with Gasteiger partial charge in [-0.25, -0.2) is 35.6 Å². The molecule has 1 unspecified atom stereocenters. The summed E-state index contributed by atoms with van der Waals surface area (Å²) < 4.78 is 45.5. The average molecular weight is 462 g/mol. The molecule has 172 valence electrons. The van der Waals surface area contributed by atoms with Crippen LogP contribution in [0.2, 0.25) is 0 Å². The summed E-state index contributed by atoms with van der Waals surface area (Å²) in [4.78, 5) is 35.2. The second-order valence-electron chi connectivity index (χ2n) is 7.42. The number of nitrogens with zero attached hydrogens (tertiary/aromatic N) is 7. The molecule has 0 saturated carbocycles. The molecule has 3 aliphatic heterocycles. The quantitative estimate of drug-likeness (QED) is 0.686. The highest BCUT2D eigenvalue weighted by Gasteiger charge is 2.51. The highest BCUT2D eigenvalue weighted by molar-refractivity contribution is 6.12. The van der Waals surface area contributed by atoms with Crippen LogP contribution >= 0.6 is 0 Å². The Bertz CT molecular complexity index is 1260. The Balaban J connectivity index is 1.47. The smallest absolute Gasteiger partial charge is 0.417 e. The lowest BCUT2D eigenvalue weighted by atomic mass is 10.2. The molecule has 5 rings (SSSR count). The fourth-order valence-corrected chi connectivity index (χ4v) is 3.86. The molecule has 1 fully saturated rings. The van der Waals surface area contributed by atoms with Gasteiger partial charge in [0.05, 0.1) is 11.8 Å². The van der Waals surface area contributed by atoms with Crippen molar-refractivity contribution in [2.24, 2.45) is 15.8 Å². The third-order valence-electron chi connectivity index (χ3n) is 5.45. The highest BCUT2D eigenvalue weighted by Crippen LogP contribution is 2.38. The maximum Gasteiger partial charge on any atom is 0.417 e. The summed E-state index contributed by atoms with van der Waals surface area (Å²) in [6.45, 7) is -0.235. The molecule has 0 bridgehead atoms. The van der Waals surface area contributed by atoms with Crippen LogP contribution in [0.1, 0.15) is 11.3 Å². The first-order valence-corrected chi connectivity index (χ1v) is 9.72. The molecule has 1 saturated heterocycles. The van der Waals surface area contributed by atoms with Crippen LogP contribution in [-0.4, -0.2) is 62.6 Å². The number of alkyl halides is 3. The predicted octanol–water partition coefficient (Wildman–Crippen LogP) is 1.33. The van der Waals surface area contributed by atoms with Gasteiger partial charge in [0.1, 0.15) is 17.7 Å². The molecule has 2 aromatic rings. The van der Waals surface area contributed by atoms with Crippen molar-refractivity contribution in [2.45, 2.75) is 19.0 Å². The molecular weight excluding hydrogens is 445 g/mol. The van der Waals surface area contributed by atoms with Gasteiger partial charge >= 0.3 is 12.2 Å². The Morgan fingerprint density at radius 3 is 2.67 bits per heavy atom. The van der Waals surface area contributed by atoms with Gasteiger partial charge in [-0.3, -0.25) is 9.69 Å². The number of nitrogens with two attached hydrogens (primary N) is 1. The van der Waals surface area contributed by atoms with E-state index in [9.17, 15) is 22.8 Å². The topological polar surface area (TPSA) is 116 Å². The largest absolute Gasteiger partial charge is 0.463 e. The third-order valence-corrected chi connectivity index (χ3v) is 5.45. The van der Waals surface area contributed by atoms with Crippen molar-refractivity contribution in [1.82, 2.24) is 24.5 Å². The zero-order valence-electron chi connectivity index (χ0n) is 17.1. The summed E-state index contributed by atoms with van der Waals surface area (Å²) in [5.74, 6) is 6.77. The Morgan fingerprint density at radius 2 is 1.97 bits per heavy atom. The van der Waals surface area contributed by atoms with Crippen LogP contribution in [0.25, 0.3) is 5.70 Å². The van der Waals surface area contributed by atoms with Gasteiger partial charge in [0, 0.05) is 32.4 Å². The van der Waals surface area contributed by atoms with E-state index in [1.54, 1.807) is 17.1 Å². The molecule has 14 heteroatoms. The van der Waals surface area contributed by atoms with E-state index < -0.39 is 29.6 Å². The van der Waals surface area contributed by atoms with Crippen LogP contribution in [0, 0.1) is 0 Å². The molecular formula is C19H17F3N8O3. The summed E-state index contributed by atoms with van der Waals surface area (Å²) in [5.41, 5.74) is -0.714. The molecule has 0 aliphatic carbocycles. The van der Waals surface area contributed by atoms with Gasteiger partial charge in [-0.05, 0) is 18.2 Å². The van der Waals surface area contributed by atoms with E-state index in [1.807, 2.05) is 0 Å². The second-order valence-corrected chi connectivity index (χ2v) is 7.42. The summed E-state index contributed by atoms with van der Waals surface area (Å²) >= 11 is 0. The average Bonchev–Trinajstić information content (AvgIpc) is 3.47. The minimum Gasteiger partial charge on any atom is -0.463 e. The van der Waals surface area contributed by atoms with Gasteiger partial charge in [0.2, 0.25) is 6.29 Å². The van der Waals surface area contributed by atoms with Crippen molar-refractivity contribution < 1.29 is 22.4 Å². The Hall–Kier alpha value is -4.07. The molecule has 2 N–H and O–H groups in total. The van der Waals surface area contributed by atoms with E-state index in [2.05, 4.69) is 9.98 Å². The number of hydrogen-bond donors (Lipinski definition) is 1. The fraction of sp³-hybridized carbons (Fsp3) is 0.263. The van der Waals surface area contributed by atoms with Crippen LogP contribution in [0.4, 0.5) is 18.0 Å². The number of amidine groups is 1. The first-order valence-electron chi connectivity index (χ1n) is 9.72. The molecule has 0 radical (unpaired) electrons. The summed E-state index contributed by atoms with van der Waals surface area (Å²) in [6, 6.07) is 4.51. The van der Waals surface area contributed by atoms with Crippen LogP contribution in [0.15, 0.2) is 61.6 Å². The van der Waals surface area contributed by atoms with Gasteiger partial charge in [-0.2, -0.15) is 13.2 Å². The number of rotatable bonds is 4. The molecule has 0 spiro atoms. The van der Waals surface area contributed by atoms with Gasteiger partial charge in [-0.15, -0.1) is 0 Å². The number of fused-ring (bicyclic) bond motifs is 3. The lowest BCUT2D eigenvalue weighted by Gasteiger charge is -2.28. The Morgan fingerprint density at radius 1 is 1.18 bits per heavy atom. The normalized spacial score (nSPS) is 20.1. The SMILES string of the molecule is CN1C(=O)N(CCn2cc(C(F)(F)F)ccc2=O)C2N=C3C(=C(c4ccco4)N=CN3N)N21. The Labute approximate surface area is 184 Å². The molecule has 2 amide bonds. The maximum absolute atomic E-state index is 13.0. The number of halogens is 3. The van der Waals surface area contributed by atoms with Crippen molar-refractivity contribution in [3.05, 3.63) is 64.1 Å². The van der Waals surface area contributed by atoms with Crippen LogP contribution in [0.3, 0.4) is 0 Å². The molecule has 0 aromatic carbocycles. The van der Waals surface area contributed by atoms with Crippen LogP contribution in [-0.2, 0) is 12.7 Å². The van der Waals surface area contributed by atoms with Gasteiger partial charge in [0.25, 0.3) is 5.56 Å². The number of pyridine rings is 1. The summed E-state index contributed by atoms with van der Waals surface area (Å²) in [6.07, 6.45) is -1.88. The number of carbonyl (C=O) groups is 1. The number of carbonyl (C=O) groups excluding carboxylic acids is 1. The number of amides is 2. The third kappa shape index (κ3) is 3.26. The lowest BCUT2D eigenvalue weighted by Crippen LogP contribution is -2.44. The highest BCUT2D eigenvalue weighted by atomic mass is 19.4. The molecule has 1 atom stereocenters. The molecule has 11 nitrogen and oxygen atoms in total. The second kappa shape index (κ2) is 7.23. The number of hydrazine groups is 2. The minimum atomic E-state index is -4.59. The van der Waals surface area contributed by atoms with E-state index in [0.717, 1.165) is 22.9 Å². The minimum absolute atomic E-state index is 0.0723. The van der Waals surface area contributed by atoms with Crippen molar-refractivity contribution in [3.8, 4) is 0 Å². The van der Waals surface area contributed by atoms with E-state index in [0.29, 0.717) is 23.0 Å².